The minimum Gasteiger partial charge on any atom is -0.385 e. The van der Waals surface area contributed by atoms with Crippen molar-refractivity contribution in [2.75, 3.05) is 14.2 Å². The van der Waals surface area contributed by atoms with Crippen LogP contribution in [0.25, 0.3) is 10.9 Å². The maximum absolute atomic E-state index is 10.5. The largest absolute Gasteiger partial charge is 0.385 e. The van der Waals surface area contributed by atoms with Gasteiger partial charge in [0.05, 0.1) is 5.52 Å². The molecule has 4 nitrogen and oxygen atoms in total. The SMILES string of the molecule is COC(OC)C(C)(O)Cc1ccnc2ccccc12. The van der Waals surface area contributed by atoms with Crippen LogP contribution in [0.15, 0.2) is 36.5 Å². The smallest absolute Gasteiger partial charge is 0.185 e. The molecule has 1 N–H and O–H groups in total. The maximum Gasteiger partial charge on any atom is 0.185 e. The van der Waals surface area contributed by atoms with Gasteiger partial charge in [0.15, 0.2) is 6.29 Å². The van der Waals surface area contributed by atoms with Crippen LogP contribution in [0.3, 0.4) is 0 Å². The van der Waals surface area contributed by atoms with Crippen LogP contribution < -0.4 is 0 Å². The molecule has 0 aliphatic carbocycles. The Kier molecular flexibility index (Phi) is 4.14. The van der Waals surface area contributed by atoms with Gasteiger partial charge in [0, 0.05) is 32.2 Å². The first-order valence-corrected chi connectivity index (χ1v) is 6.19. The zero-order valence-corrected chi connectivity index (χ0v) is 11.5. The third-order valence-electron chi connectivity index (χ3n) is 3.22. The Morgan fingerprint density at radius 1 is 1.21 bits per heavy atom. The van der Waals surface area contributed by atoms with Crippen molar-refractivity contribution in [3.05, 3.63) is 42.1 Å². The number of benzene rings is 1. The van der Waals surface area contributed by atoms with Gasteiger partial charge in [0.1, 0.15) is 5.60 Å². The molecule has 0 radical (unpaired) electrons. The van der Waals surface area contributed by atoms with Crippen molar-refractivity contribution in [3.63, 3.8) is 0 Å². The summed E-state index contributed by atoms with van der Waals surface area (Å²) < 4.78 is 10.3. The van der Waals surface area contributed by atoms with Gasteiger partial charge >= 0.3 is 0 Å². The van der Waals surface area contributed by atoms with Crippen molar-refractivity contribution in [2.24, 2.45) is 0 Å². The Bertz CT molecular complexity index is 545. The van der Waals surface area contributed by atoms with Crippen LogP contribution in [-0.2, 0) is 15.9 Å². The molecule has 0 saturated carbocycles. The van der Waals surface area contributed by atoms with E-state index in [1.165, 1.54) is 14.2 Å². The lowest BCUT2D eigenvalue weighted by Gasteiger charge is -2.30. The number of methoxy groups -OCH3 is 2. The highest BCUT2D eigenvalue weighted by atomic mass is 16.7. The van der Waals surface area contributed by atoms with Crippen molar-refractivity contribution in [1.29, 1.82) is 0 Å². The summed E-state index contributed by atoms with van der Waals surface area (Å²) in [5.41, 5.74) is 0.838. The van der Waals surface area contributed by atoms with E-state index >= 15 is 0 Å². The first-order valence-electron chi connectivity index (χ1n) is 6.19. The molecule has 2 rings (SSSR count). The molecule has 1 unspecified atom stereocenters. The standard InChI is InChI=1S/C15H19NO3/c1-15(17,14(18-2)19-3)10-11-8-9-16-13-7-5-4-6-12(11)13/h4-9,14,17H,10H2,1-3H3. The Labute approximate surface area is 113 Å². The predicted molar refractivity (Wildman–Crippen MR) is 73.9 cm³/mol. The van der Waals surface area contributed by atoms with Crippen LogP contribution in [-0.4, -0.2) is 36.2 Å². The number of aliphatic hydroxyl groups is 1. The van der Waals surface area contributed by atoms with Gasteiger partial charge in [-0.15, -0.1) is 0 Å². The fraction of sp³-hybridized carbons (Fsp3) is 0.400. The number of para-hydroxylation sites is 1. The molecule has 19 heavy (non-hydrogen) atoms. The molecule has 1 atom stereocenters. The molecule has 1 aromatic heterocycles. The molecule has 0 aliphatic heterocycles. The number of ether oxygens (including phenoxy) is 2. The molecule has 102 valence electrons. The van der Waals surface area contributed by atoms with Crippen LogP contribution in [0.2, 0.25) is 0 Å². The summed E-state index contributed by atoms with van der Waals surface area (Å²) in [7, 11) is 3.04. The Morgan fingerprint density at radius 2 is 1.89 bits per heavy atom. The van der Waals surface area contributed by atoms with Crippen LogP contribution in [0.5, 0.6) is 0 Å². The van der Waals surface area contributed by atoms with Gasteiger partial charge in [-0.2, -0.15) is 0 Å². The molecule has 1 heterocycles. The van der Waals surface area contributed by atoms with Gasteiger partial charge < -0.3 is 14.6 Å². The number of pyridine rings is 1. The van der Waals surface area contributed by atoms with Gasteiger partial charge in [-0.1, -0.05) is 18.2 Å². The quantitative estimate of drug-likeness (QED) is 0.838. The highest BCUT2D eigenvalue weighted by Gasteiger charge is 2.32. The van der Waals surface area contributed by atoms with Crippen molar-refractivity contribution in [2.45, 2.75) is 25.2 Å². The summed E-state index contributed by atoms with van der Waals surface area (Å²) in [6, 6.07) is 9.79. The molecule has 0 amide bonds. The molecule has 0 saturated heterocycles. The van der Waals surface area contributed by atoms with Gasteiger partial charge in [-0.25, -0.2) is 0 Å². The first kappa shape index (κ1) is 13.9. The second-order valence-corrected chi connectivity index (χ2v) is 4.82. The second kappa shape index (κ2) is 5.65. The summed E-state index contributed by atoms with van der Waals surface area (Å²) in [6.45, 7) is 1.71. The zero-order chi connectivity index (χ0) is 13.9. The van der Waals surface area contributed by atoms with E-state index < -0.39 is 11.9 Å². The van der Waals surface area contributed by atoms with E-state index in [2.05, 4.69) is 4.98 Å². The lowest BCUT2D eigenvalue weighted by molar-refractivity contribution is -0.207. The summed E-state index contributed by atoms with van der Waals surface area (Å²) in [5.74, 6) is 0. The zero-order valence-electron chi connectivity index (χ0n) is 11.5. The second-order valence-electron chi connectivity index (χ2n) is 4.82. The average Bonchev–Trinajstić information content (AvgIpc) is 2.40. The van der Waals surface area contributed by atoms with Gasteiger partial charge in [-0.3, -0.25) is 4.98 Å². The van der Waals surface area contributed by atoms with E-state index in [1.807, 2.05) is 30.3 Å². The van der Waals surface area contributed by atoms with Crippen LogP contribution in [0, 0.1) is 0 Å². The Balaban J connectivity index is 2.35. The van der Waals surface area contributed by atoms with Crippen molar-refractivity contribution in [1.82, 2.24) is 4.98 Å². The van der Waals surface area contributed by atoms with Crippen molar-refractivity contribution >= 4 is 10.9 Å². The minimum atomic E-state index is -1.10. The van der Waals surface area contributed by atoms with Crippen molar-refractivity contribution < 1.29 is 14.6 Å². The van der Waals surface area contributed by atoms with E-state index in [0.29, 0.717) is 6.42 Å². The van der Waals surface area contributed by atoms with Gasteiger partial charge in [-0.05, 0) is 24.6 Å². The number of nitrogens with zero attached hydrogens (tertiary/aromatic N) is 1. The summed E-state index contributed by atoms with van der Waals surface area (Å²) in [6.07, 6.45) is 1.52. The Hall–Kier alpha value is -1.49. The topological polar surface area (TPSA) is 51.6 Å². The summed E-state index contributed by atoms with van der Waals surface area (Å²) in [5, 5.41) is 11.6. The number of rotatable bonds is 5. The molecule has 2 aromatic rings. The maximum atomic E-state index is 10.5. The van der Waals surface area contributed by atoms with E-state index in [9.17, 15) is 5.11 Å². The molecular formula is C15H19NO3. The molecule has 0 fully saturated rings. The number of hydrogen-bond donors (Lipinski definition) is 1. The average molecular weight is 261 g/mol. The first-order chi connectivity index (χ1) is 9.08. The lowest BCUT2D eigenvalue weighted by atomic mass is 9.93. The van der Waals surface area contributed by atoms with E-state index in [0.717, 1.165) is 16.5 Å². The van der Waals surface area contributed by atoms with Crippen LogP contribution >= 0.6 is 0 Å². The third kappa shape index (κ3) is 2.92. The van der Waals surface area contributed by atoms with E-state index in [1.54, 1.807) is 13.1 Å². The number of fused-ring (bicyclic) bond motifs is 1. The highest BCUT2D eigenvalue weighted by Crippen LogP contribution is 2.24. The lowest BCUT2D eigenvalue weighted by Crippen LogP contribution is -2.43. The fourth-order valence-electron chi connectivity index (χ4n) is 2.38. The fourth-order valence-corrected chi connectivity index (χ4v) is 2.38. The molecule has 4 heteroatoms. The molecular weight excluding hydrogens is 242 g/mol. The van der Waals surface area contributed by atoms with E-state index in [4.69, 9.17) is 9.47 Å². The molecule has 0 bridgehead atoms. The van der Waals surface area contributed by atoms with Crippen LogP contribution in [0.4, 0.5) is 0 Å². The molecule has 0 aliphatic rings. The third-order valence-corrected chi connectivity index (χ3v) is 3.22. The number of aromatic nitrogens is 1. The molecule has 0 spiro atoms. The monoisotopic (exact) mass is 261 g/mol. The predicted octanol–water partition coefficient (Wildman–Crippen LogP) is 2.15. The number of hydrogen-bond acceptors (Lipinski definition) is 4. The minimum absolute atomic E-state index is 0.433. The van der Waals surface area contributed by atoms with Gasteiger partial charge in [0.25, 0.3) is 0 Å². The summed E-state index contributed by atoms with van der Waals surface area (Å²) in [4.78, 5) is 4.31. The normalized spacial score (nSPS) is 14.8. The Morgan fingerprint density at radius 3 is 2.58 bits per heavy atom. The highest BCUT2D eigenvalue weighted by molar-refractivity contribution is 5.81. The van der Waals surface area contributed by atoms with E-state index in [-0.39, 0.29) is 0 Å². The van der Waals surface area contributed by atoms with Crippen molar-refractivity contribution in [3.8, 4) is 0 Å². The van der Waals surface area contributed by atoms with Gasteiger partial charge in [0.2, 0.25) is 0 Å². The molecule has 1 aromatic carbocycles. The summed E-state index contributed by atoms with van der Waals surface area (Å²) >= 11 is 0. The van der Waals surface area contributed by atoms with Crippen LogP contribution in [0.1, 0.15) is 12.5 Å².